The number of anilines is 2. The van der Waals surface area contributed by atoms with Crippen LogP contribution in [0.5, 0.6) is 0 Å². The topological polar surface area (TPSA) is 75.5 Å². The molecule has 0 unspecified atom stereocenters. The molecule has 1 N–H and O–H groups in total. The Bertz CT molecular complexity index is 880. The molecule has 0 aromatic heterocycles. The lowest BCUT2D eigenvalue weighted by atomic mass is 9.98. The minimum atomic E-state index is -0.920. The molecule has 27 heavy (non-hydrogen) atoms. The van der Waals surface area contributed by atoms with Crippen molar-refractivity contribution < 1.29 is 18.5 Å². The van der Waals surface area contributed by atoms with E-state index < -0.39 is 22.5 Å². The van der Waals surface area contributed by atoms with E-state index in [2.05, 4.69) is 12.2 Å². The van der Waals surface area contributed by atoms with Crippen LogP contribution in [0.25, 0.3) is 0 Å². The Morgan fingerprint density at radius 1 is 1.19 bits per heavy atom. The fourth-order valence-electron chi connectivity index (χ4n) is 3.11. The molecule has 2 aromatic rings. The minimum absolute atomic E-state index is 0.0274. The largest absolute Gasteiger partial charge is 0.366 e. The number of amides is 1. The molecule has 0 spiro atoms. The summed E-state index contributed by atoms with van der Waals surface area (Å²) in [6, 6.07) is 6.96. The number of nitrogens with one attached hydrogen (secondary N) is 1. The lowest BCUT2D eigenvalue weighted by Gasteiger charge is -2.31. The molecule has 142 valence electrons. The average Bonchev–Trinajstić information content (AvgIpc) is 2.64. The van der Waals surface area contributed by atoms with Crippen LogP contribution >= 0.6 is 0 Å². The van der Waals surface area contributed by atoms with Gasteiger partial charge in [-0.3, -0.25) is 14.9 Å². The van der Waals surface area contributed by atoms with Gasteiger partial charge in [0.05, 0.1) is 10.6 Å². The third-order valence-corrected chi connectivity index (χ3v) is 4.74. The van der Waals surface area contributed by atoms with Crippen molar-refractivity contribution in [1.82, 2.24) is 0 Å². The van der Waals surface area contributed by atoms with Crippen molar-refractivity contribution in [2.75, 3.05) is 23.3 Å². The summed E-state index contributed by atoms with van der Waals surface area (Å²) < 4.78 is 26.7. The number of carbonyl (C=O) groups is 1. The normalized spacial score (nSPS) is 14.9. The molecule has 0 radical (unpaired) electrons. The highest BCUT2D eigenvalue weighted by molar-refractivity contribution is 6.05. The Kier molecular flexibility index (Phi) is 5.34. The Morgan fingerprint density at radius 2 is 1.89 bits per heavy atom. The molecule has 0 bridgehead atoms. The number of piperidine rings is 1. The molecule has 0 saturated carbocycles. The van der Waals surface area contributed by atoms with Crippen LogP contribution in [0.4, 0.5) is 25.8 Å². The molecule has 0 atom stereocenters. The second-order valence-electron chi connectivity index (χ2n) is 6.71. The number of hydrogen-bond acceptors (Lipinski definition) is 4. The zero-order chi connectivity index (χ0) is 19.6. The highest BCUT2D eigenvalue weighted by atomic mass is 19.1. The summed E-state index contributed by atoms with van der Waals surface area (Å²) in [5, 5.41) is 13.8. The predicted octanol–water partition coefficient (Wildman–Crippen LogP) is 4.36. The van der Waals surface area contributed by atoms with Crippen LogP contribution in [-0.2, 0) is 0 Å². The van der Waals surface area contributed by atoms with E-state index in [9.17, 15) is 23.7 Å². The quantitative estimate of drug-likeness (QED) is 0.636. The Hall–Kier alpha value is -3.03. The third-order valence-electron chi connectivity index (χ3n) is 4.74. The molecule has 1 heterocycles. The molecule has 0 aliphatic carbocycles. The van der Waals surface area contributed by atoms with E-state index in [4.69, 9.17) is 0 Å². The van der Waals surface area contributed by atoms with Crippen molar-refractivity contribution in [3.05, 3.63) is 63.7 Å². The number of rotatable bonds is 4. The third kappa shape index (κ3) is 4.21. The van der Waals surface area contributed by atoms with Gasteiger partial charge in [-0.05, 0) is 43.0 Å². The molecular weight excluding hydrogens is 356 g/mol. The highest BCUT2D eigenvalue weighted by Crippen LogP contribution is 2.32. The minimum Gasteiger partial charge on any atom is -0.366 e. The van der Waals surface area contributed by atoms with Gasteiger partial charge in [-0.15, -0.1) is 0 Å². The molecule has 1 aliphatic rings. The maximum Gasteiger partial charge on any atom is 0.293 e. The van der Waals surface area contributed by atoms with Gasteiger partial charge in [0.25, 0.3) is 11.6 Å². The number of carbonyl (C=O) groups excluding carboxylic acids is 1. The van der Waals surface area contributed by atoms with Gasteiger partial charge in [0.1, 0.15) is 17.3 Å². The fraction of sp³-hybridized carbons (Fsp3) is 0.316. The molecule has 1 aliphatic heterocycles. The monoisotopic (exact) mass is 375 g/mol. The molecule has 2 aromatic carbocycles. The molecule has 3 rings (SSSR count). The molecule has 6 nitrogen and oxygen atoms in total. The first-order valence-electron chi connectivity index (χ1n) is 8.65. The smallest absolute Gasteiger partial charge is 0.293 e. The van der Waals surface area contributed by atoms with Crippen molar-refractivity contribution in [1.29, 1.82) is 0 Å². The van der Waals surface area contributed by atoms with Crippen molar-refractivity contribution in [3.8, 4) is 0 Å². The van der Waals surface area contributed by atoms with Crippen molar-refractivity contribution in [2.45, 2.75) is 19.8 Å². The Balaban J connectivity index is 1.85. The second kappa shape index (κ2) is 7.69. The zero-order valence-electron chi connectivity index (χ0n) is 14.7. The van der Waals surface area contributed by atoms with Crippen LogP contribution in [-0.4, -0.2) is 23.9 Å². The van der Waals surface area contributed by atoms with E-state index in [1.807, 2.05) is 4.90 Å². The van der Waals surface area contributed by atoms with E-state index in [1.165, 1.54) is 12.1 Å². The Labute approximate surface area is 154 Å². The van der Waals surface area contributed by atoms with E-state index in [-0.39, 0.29) is 16.9 Å². The summed E-state index contributed by atoms with van der Waals surface area (Å²) in [7, 11) is 0. The number of nitro groups is 1. The van der Waals surface area contributed by atoms with Crippen LogP contribution in [0.15, 0.2) is 36.4 Å². The lowest BCUT2D eigenvalue weighted by molar-refractivity contribution is -0.384. The first-order chi connectivity index (χ1) is 12.8. The summed E-state index contributed by atoms with van der Waals surface area (Å²) in [5.74, 6) is -1.81. The first kappa shape index (κ1) is 18.8. The highest BCUT2D eigenvalue weighted by Gasteiger charge is 2.25. The van der Waals surface area contributed by atoms with E-state index in [0.717, 1.165) is 25.0 Å². The maximum atomic E-state index is 13.7. The summed E-state index contributed by atoms with van der Waals surface area (Å²) in [4.78, 5) is 25.3. The first-order valence-corrected chi connectivity index (χ1v) is 8.65. The maximum absolute atomic E-state index is 13.7. The summed E-state index contributed by atoms with van der Waals surface area (Å²) in [5.41, 5.74) is 0.130. The fourth-order valence-corrected chi connectivity index (χ4v) is 3.11. The second-order valence-corrected chi connectivity index (χ2v) is 6.71. The Morgan fingerprint density at radius 3 is 2.52 bits per heavy atom. The standard InChI is InChI=1S/C19H19F2N3O3/c1-12-6-8-23(9-7-12)17-5-2-13(10-18(17)24(26)27)19(25)22-16-4-3-14(20)11-15(16)21/h2-5,10-12H,6-9H2,1H3,(H,22,25). The van der Waals surface area contributed by atoms with Gasteiger partial charge in [-0.1, -0.05) is 6.92 Å². The van der Waals surface area contributed by atoms with E-state index in [0.29, 0.717) is 30.8 Å². The van der Waals surface area contributed by atoms with Crippen molar-refractivity contribution >= 4 is 23.0 Å². The van der Waals surface area contributed by atoms with Crippen LogP contribution in [0.2, 0.25) is 0 Å². The van der Waals surface area contributed by atoms with E-state index >= 15 is 0 Å². The van der Waals surface area contributed by atoms with Crippen molar-refractivity contribution in [2.24, 2.45) is 5.92 Å². The van der Waals surface area contributed by atoms with Gasteiger partial charge in [-0.2, -0.15) is 0 Å². The average molecular weight is 375 g/mol. The van der Waals surface area contributed by atoms with Gasteiger partial charge in [-0.25, -0.2) is 8.78 Å². The summed E-state index contributed by atoms with van der Waals surface area (Å²) >= 11 is 0. The molecule has 1 fully saturated rings. The molecule has 1 amide bonds. The lowest BCUT2D eigenvalue weighted by Crippen LogP contribution is -2.33. The number of halogens is 2. The molecular formula is C19H19F2N3O3. The predicted molar refractivity (Wildman–Crippen MR) is 98.0 cm³/mol. The van der Waals surface area contributed by atoms with Gasteiger partial charge in [0.2, 0.25) is 0 Å². The number of benzene rings is 2. The van der Waals surface area contributed by atoms with Gasteiger partial charge < -0.3 is 10.2 Å². The summed E-state index contributed by atoms with van der Waals surface area (Å²) in [6.45, 7) is 3.58. The van der Waals surface area contributed by atoms with Crippen LogP contribution in [0, 0.1) is 27.7 Å². The van der Waals surface area contributed by atoms with Gasteiger partial charge in [0, 0.05) is 30.8 Å². The van der Waals surface area contributed by atoms with E-state index in [1.54, 1.807) is 6.07 Å². The SMILES string of the molecule is CC1CCN(c2ccc(C(=O)Nc3ccc(F)cc3F)cc2[N+](=O)[O-])CC1. The van der Waals surface area contributed by atoms with Crippen LogP contribution in [0.3, 0.4) is 0 Å². The zero-order valence-corrected chi connectivity index (χ0v) is 14.7. The van der Waals surface area contributed by atoms with Crippen LogP contribution < -0.4 is 10.2 Å². The number of hydrogen-bond donors (Lipinski definition) is 1. The van der Waals surface area contributed by atoms with Gasteiger partial charge >= 0.3 is 0 Å². The van der Waals surface area contributed by atoms with Crippen molar-refractivity contribution in [3.63, 3.8) is 0 Å². The number of nitro benzene ring substituents is 1. The molecule has 1 saturated heterocycles. The summed E-state index contributed by atoms with van der Waals surface area (Å²) in [6.07, 6.45) is 1.90. The van der Waals surface area contributed by atoms with Crippen LogP contribution in [0.1, 0.15) is 30.1 Å². The van der Waals surface area contributed by atoms with Gasteiger partial charge in [0.15, 0.2) is 0 Å². The number of nitrogens with zero attached hydrogens (tertiary/aromatic N) is 2. The molecule has 8 heteroatoms.